The number of thiazole rings is 1. The Morgan fingerprint density at radius 3 is 3.00 bits per heavy atom. The van der Waals surface area contributed by atoms with E-state index in [-0.39, 0.29) is 11.9 Å². The summed E-state index contributed by atoms with van der Waals surface area (Å²) in [5.41, 5.74) is 1.54. The molecule has 0 fully saturated rings. The third kappa shape index (κ3) is 2.79. The summed E-state index contributed by atoms with van der Waals surface area (Å²) in [4.78, 5) is 17.2. The number of nitrogens with zero attached hydrogens (tertiary/aromatic N) is 4. The van der Waals surface area contributed by atoms with E-state index in [0.29, 0.717) is 10.6 Å². The average Bonchev–Trinajstić information content (AvgIpc) is 3.17. The molecule has 2 heterocycles. The number of H-pyrrole nitrogens is 1. The molecule has 0 aliphatic heterocycles. The molecule has 0 radical (unpaired) electrons. The fourth-order valence-electron chi connectivity index (χ4n) is 1.86. The first-order valence-electron chi connectivity index (χ1n) is 6.34. The summed E-state index contributed by atoms with van der Waals surface area (Å²) in [5.74, 6) is 0.550. The van der Waals surface area contributed by atoms with Crippen LogP contribution in [0.4, 0.5) is 5.95 Å². The number of aromatic amines is 1. The van der Waals surface area contributed by atoms with Crippen LogP contribution in [0.1, 0.15) is 15.4 Å². The minimum absolute atomic E-state index is 0.126. The first kappa shape index (κ1) is 14.1. The number of ether oxygens (including phenoxy) is 1. The molecular formula is C13H12N6O2S. The minimum atomic E-state index is -0.314. The summed E-state index contributed by atoms with van der Waals surface area (Å²) in [6, 6.07) is 7.53. The van der Waals surface area contributed by atoms with Crippen molar-refractivity contribution in [1.82, 2.24) is 25.6 Å². The van der Waals surface area contributed by atoms with Gasteiger partial charge in [-0.3, -0.25) is 10.1 Å². The number of aromatic nitrogens is 5. The van der Waals surface area contributed by atoms with Gasteiger partial charge in [0.15, 0.2) is 0 Å². The zero-order valence-corrected chi connectivity index (χ0v) is 12.6. The lowest BCUT2D eigenvalue weighted by Gasteiger charge is -2.01. The molecule has 8 nitrogen and oxygen atoms in total. The molecule has 0 aliphatic rings. The number of amides is 1. The Bertz CT molecular complexity index is 799. The predicted octanol–water partition coefficient (Wildman–Crippen LogP) is 1.89. The van der Waals surface area contributed by atoms with Crippen LogP contribution in [-0.2, 0) is 0 Å². The number of carbonyl (C=O) groups excluding carboxylic acids is 1. The molecule has 22 heavy (non-hydrogen) atoms. The molecule has 112 valence electrons. The highest BCUT2D eigenvalue weighted by atomic mass is 32.1. The number of hydrogen-bond acceptors (Lipinski definition) is 7. The molecule has 0 unspecified atom stereocenters. The maximum absolute atomic E-state index is 12.2. The van der Waals surface area contributed by atoms with Crippen molar-refractivity contribution in [2.75, 3.05) is 12.4 Å². The molecule has 1 amide bonds. The lowest BCUT2D eigenvalue weighted by atomic mass is 10.2. The van der Waals surface area contributed by atoms with Crippen LogP contribution in [0.15, 0.2) is 24.3 Å². The Kier molecular flexibility index (Phi) is 3.79. The largest absolute Gasteiger partial charge is 0.497 e. The zero-order valence-electron chi connectivity index (χ0n) is 11.8. The fourth-order valence-corrected chi connectivity index (χ4v) is 2.82. The Morgan fingerprint density at radius 1 is 1.41 bits per heavy atom. The van der Waals surface area contributed by atoms with Crippen LogP contribution in [0.5, 0.6) is 5.75 Å². The van der Waals surface area contributed by atoms with E-state index < -0.39 is 0 Å². The van der Waals surface area contributed by atoms with Gasteiger partial charge in [0.1, 0.15) is 15.6 Å². The normalized spacial score (nSPS) is 10.5. The van der Waals surface area contributed by atoms with Crippen molar-refractivity contribution in [3.8, 4) is 16.3 Å². The van der Waals surface area contributed by atoms with E-state index in [1.54, 1.807) is 14.0 Å². The predicted molar refractivity (Wildman–Crippen MR) is 81.0 cm³/mol. The van der Waals surface area contributed by atoms with Crippen molar-refractivity contribution >= 4 is 23.2 Å². The van der Waals surface area contributed by atoms with Crippen LogP contribution >= 0.6 is 11.3 Å². The van der Waals surface area contributed by atoms with Crippen LogP contribution in [0.25, 0.3) is 10.6 Å². The van der Waals surface area contributed by atoms with E-state index in [9.17, 15) is 4.79 Å². The highest BCUT2D eigenvalue weighted by Crippen LogP contribution is 2.30. The summed E-state index contributed by atoms with van der Waals surface area (Å²) >= 11 is 1.30. The molecule has 9 heteroatoms. The Balaban J connectivity index is 1.88. The molecule has 0 aliphatic carbocycles. The summed E-state index contributed by atoms with van der Waals surface area (Å²) in [7, 11) is 1.61. The summed E-state index contributed by atoms with van der Waals surface area (Å²) in [6.07, 6.45) is 0. The lowest BCUT2D eigenvalue weighted by Crippen LogP contribution is -2.12. The number of rotatable bonds is 4. The van der Waals surface area contributed by atoms with Gasteiger partial charge < -0.3 is 4.74 Å². The van der Waals surface area contributed by atoms with Crippen molar-refractivity contribution in [3.63, 3.8) is 0 Å². The van der Waals surface area contributed by atoms with Gasteiger partial charge in [0.25, 0.3) is 11.9 Å². The minimum Gasteiger partial charge on any atom is -0.497 e. The third-order valence-electron chi connectivity index (χ3n) is 2.89. The summed E-state index contributed by atoms with van der Waals surface area (Å²) < 4.78 is 5.20. The summed E-state index contributed by atoms with van der Waals surface area (Å²) in [6.45, 7) is 1.78. The van der Waals surface area contributed by atoms with Crippen LogP contribution in [0.3, 0.4) is 0 Å². The maximum Gasteiger partial charge on any atom is 0.270 e. The molecule has 0 atom stereocenters. The number of anilines is 1. The number of nitrogens with one attached hydrogen (secondary N) is 2. The SMILES string of the molecule is COc1cccc(-c2nc(C)c(C(=O)Nc3nn[nH]n3)s2)c1. The smallest absolute Gasteiger partial charge is 0.270 e. The second-order valence-electron chi connectivity index (χ2n) is 4.36. The first-order valence-corrected chi connectivity index (χ1v) is 7.15. The highest BCUT2D eigenvalue weighted by Gasteiger charge is 2.17. The molecule has 2 aromatic heterocycles. The molecule has 0 saturated heterocycles. The molecule has 3 aromatic rings. The van der Waals surface area contributed by atoms with Crippen molar-refractivity contribution in [2.45, 2.75) is 6.92 Å². The van der Waals surface area contributed by atoms with Gasteiger partial charge in [0.05, 0.1) is 12.8 Å². The quantitative estimate of drug-likeness (QED) is 0.761. The fraction of sp³-hybridized carbons (Fsp3) is 0.154. The maximum atomic E-state index is 12.2. The van der Waals surface area contributed by atoms with Gasteiger partial charge in [-0.1, -0.05) is 17.2 Å². The van der Waals surface area contributed by atoms with E-state index in [0.717, 1.165) is 16.3 Å². The van der Waals surface area contributed by atoms with Crippen LogP contribution in [0.2, 0.25) is 0 Å². The average molecular weight is 316 g/mol. The van der Waals surface area contributed by atoms with E-state index >= 15 is 0 Å². The van der Waals surface area contributed by atoms with E-state index in [2.05, 4.69) is 30.9 Å². The van der Waals surface area contributed by atoms with Crippen molar-refractivity contribution in [3.05, 3.63) is 34.8 Å². The Hall–Kier alpha value is -2.81. The molecule has 2 N–H and O–H groups in total. The molecule has 0 saturated carbocycles. The third-order valence-corrected chi connectivity index (χ3v) is 4.10. The highest BCUT2D eigenvalue weighted by molar-refractivity contribution is 7.17. The van der Waals surface area contributed by atoms with Gasteiger partial charge in [-0.15, -0.1) is 16.4 Å². The molecule has 3 rings (SSSR count). The molecular weight excluding hydrogens is 304 g/mol. The monoisotopic (exact) mass is 316 g/mol. The van der Waals surface area contributed by atoms with Gasteiger partial charge in [-0.25, -0.2) is 4.98 Å². The van der Waals surface area contributed by atoms with E-state index in [4.69, 9.17) is 4.74 Å². The zero-order chi connectivity index (χ0) is 15.5. The first-order chi connectivity index (χ1) is 10.7. The lowest BCUT2D eigenvalue weighted by molar-refractivity contribution is 0.102. The van der Waals surface area contributed by atoms with E-state index in [1.165, 1.54) is 11.3 Å². The summed E-state index contributed by atoms with van der Waals surface area (Å²) in [5, 5.41) is 16.3. The van der Waals surface area contributed by atoms with Gasteiger partial charge in [-0.2, -0.15) is 5.21 Å². The van der Waals surface area contributed by atoms with Crippen molar-refractivity contribution in [1.29, 1.82) is 0 Å². The second-order valence-corrected chi connectivity index (χ2v) is 5.35. The number of carbonyl (C=O) groups is 1. The number of hydrogen-bond donors (Lipinski definition) is 2. The second kappa shape index (κ2) is 5.90. The molecule has 1 aromatic carbocycles. The molecule has 0 bridgehead atoms. The number of aryl methyl sites for hydroxylation is 1. The van der Waals surface area contributed by atoms with Crippen LogP contribution in [0, 0.1) is 6.92 Å². The van der Waals surface area contributed by atoms with Gasteiger partial charge in [0.2, 0.25) is 0 Å². The topological polar surface area (TPSA) is 106 Å². The number of tetrazole rings is 1. The van der Waals surface area contributed by atoms with Crippen LogP contribution < -0.4 is 10.1 Å². The van der Waals surface area contributed by atoms with Crippen molar-refractivity contribution < 1.29 is 9.53 Å². The Labute approximate surface area is 129 Å². The van der Waals surface area contributed by atoms with Gasteiger partial charge in [-0.05, 0) is 24.3 Å². The molecule has 0 spiro atoms. The standard InChI is InChI=1S/C13H12N6O2S/c1-7-10(11(20)15-13-16-18-19-17-13)22-12(14-7)8-4-3-5-9(6-8)21-2/h3-6H,1-2H3,(H2,15,16,17,18,19,20). The number of methoxy groups -OCH3 is 1. The van der Waals surface area contributed by atoms with Crippen LogP contribution in [-0.4, -0.2) is 38.6 Å². The van der Waals surface area contributed by atoms with Gasteiger partial charge >= 0.3 is 0 Å². The van der Waals surface area contributed by atoms with E-state index in [1.807, 2.05) is 24.3 Å². The van der Waals surface area contributed by atoms with Crippen molar-refractivity contribution in [2.24, 2.45) is 0 Å². The van der Waals surface area contributed by atoms with Gasteiger partial charge in [0, 0.05) is 5.56 Å². The Morgan fingerprint density at radius 2 is 2.27 bits per heavy atom. The number of benzene rings is 1.